The van der Waals surface area contributed by atoms with Gasteiger partial charge in [0.25, 0.3) is 0 Å². The first-order valence-corrected chi connectivity index (χ1v) is 11.7. The van der Waals surface area contributed by atoms with Gasteiger partial charge in [0.15, 0.2) is 0 Å². The van der Waals surface area contributed by atoms with Crippen LogP contribution in [0, 0.1) is 20.8 Å². The number of para-hydroxylation sites is 1. The molecule has 6 rings (SSSR count). The van der Waals surface area contributed by atoms with Crippen molar-refractivity contribution in [1.82, 2.24) is 4.98 Å². The second-order valence-electron chi connectivity index (χ2n) is 9.11. The maximum atomic E-state index is 4.89. The van der Waals surface area contributed by atoms with Gasteiger partial charge in [-0.25, -0.2) is 0 Å². The molecule has 0 fully saturated rings. The summed E-state index contributed by atoms with van der Waals surface area (Å²) in [7, 11) is 0. The Morgan fingerprint density at radius 3 is 2.00 bits per heavy atom. The van der Waals surface area contributed by atoms with Crippen molar-refractivity contribution in [3.8, 4) is 44.6 Å². The summed E-state index contributed by atoms with van der Waals surface area (Å²) in [4.78, 5) is 4.89. The number of nitrogens with zero attached hydrogens (tertiary/aromatic N) is 1. The average Bonchev–Trinajstić information content (AvgIpc) is 2.85. The summed E-state index contributed by atoms with van der Waals surface area (Å²) in [5.41, 5.74) is 15.6. The summed E-state index contributed by atoms with van der Waals surface area (Å²) in [6.07, 6.45) is 2.02. The van der Waals surface area contributed by atoms with Gasteiger partial charge in [-0.1, -0.05) is 66.7 Å². The predicted molar refractivity (Wildman–Crippen MR) is 143 cm³/mol. The molecule has 1 aliphatic heterocycles. The van der Waals surface area contributed by atoms with Crippen LogP contribution in [-0.2, 0) is 0 Å². The first-order valence-electron chi connectivity index (χ1n) is 11.7. The molecule has 2 nitrogen and oxygen atoms in total. The highest BCUT2D eigenvalue weighted by Gasteiger charge is 2.19. The normalized spacial score (nSPS) is 11.6. The van der Waals surface area contributed by atoms with Crippen LogP contribution in [-0.4, -0.2) is 4.98 Å². The predicted octanol–water partition coefficient (Wildman–Crippen LogP) is 8.73. The zero-order valence-electron chi connectivity index (χ0n) is 19.7. The second kappa shape index (κ2) is 8.00. The number of aromatic nitrogens is 1. The van der Waals surface area contributed by atoms with Gasteiger partial charge in [0.2, 0.25) is 0 Å². The summed E-state index contributed by atoms with van der Waals surface area (Å²) >= 11 is 0. The Morgan fingerprint density at radius 1 is 0.529 bits per heavy atom. The Kier molecular flexibility index (Phi) is 4.81. The van der Waals surface area contributed by atoms with Crippen LogP contribution < -0.4 is 5.32 Å². The number of aryl methyl sites for hydroxylation is 2. The van der Waals surface area contributed by atoms with E-state index >= 15 is 0 Å². The van der Waals surface area contributed by atoms with Gasteiger partial charge in [-0.05, 0) is 78.4 Å². The van der Waals surface area contributed by atoms with E-state index in [0.717, 1.165) is 22.6 Å². The van der Waals surface area contributed by atoms with Crippen molar-refractivity contribution in [2.24, 2.45) is 0 Å². The molecule has 0 radical (unpaired) electrons. The molecule has 0 spiro atoms. The summed E-state index contributed by atoms with van der Waals surface area (Å²) < 4.78 is 0. The van der Waals surface area contributed by atoms with Crippen LogP contribution in [0.25, 0.3) is 44.6 Å². The molecule has 4 aromatic carbocycles. The third-order valence-corrected chi connectivity index (χ3v) is 6.97. The number of rotatable bonds is 2. The fraction of sp³-hybridized carbons (Fsp3) is 0.0938. The maximum absolute atomic E-state index is 4.89. The minimum absolute atomic E-state index is 0.994. The lowest BCUT2D eigenvalue weighted by Crippen LogP contribution is -2.01. The monoisotopic (exact) mass is 438 g/mol. The van der Waals surface area contributed by atoms with Crippen molar-refractivity contribution in [3.05, 3.63) is 114 Å². The smallest absolute Gasteiger partial charge is 0.0705 e. The number of benzene rings is 4. The van der Waals surface area contributed by atoms with Crippen molar-refractivity contribution < 1.29 is 0 Å². The Balaban J connectivity index is 1.48. The third-order valence-electron chi connectivity index (χ3n) is 6.97. The van der Waals surface area contributed by atoms with E-state index in [4.69, 9.17) is 4.98 Å². The Labute approximate surface area is 201 Å². The molecule has 2 heteroatoms. The molecule has 34 heavy (non-hydrogen) atoms. The van der Waals surface area contributed by atoms with E-state index in [-0.39, 0.29) is 0 Å². The van der Waals surface area contributed by atoms with Gasteiger partial charge in [-0.3, -0.25) is 4.98 Å². The van der Waals surface area contributed by atoms with Crippen molar-refractivity contribution in [1.29, 1.82) is 0 Å². The SMILES string of the molecule is Cc1ccccc1-c1cnc(-c2ccc3c(c2)-c2cccc(c2C)-c2ccccc2N3)cc1C. The zero-order chi connectivity index (χ0) is 23.2. The van der Waals surface area contributed by atoms with Crippen LogP contribution in [0.1, 0.15) is 16.7 Å². The molecule has 0 saturated carbocycles. The van der Waals surface area contributed by atoms with Gasteiger partial charge in [-0.15, -0.1) is 0 Å². The highest BCUT2D eigenvalue weighted by molar-refractivity contribution is 5.95. The highest BCUT2D eigenvalue weighted by Crippen LogP contribution is 2.43. The second-order valence-corrected chi connectivity index (χ2v) is 9.11. The lowest BCUT2D eigenvalue weighted by atomic mass is 9.88. The summed E-state index contributed by atoms with van der Waals surface area (Å²) in [6.45, 7) is 6.55. The average molecular weight is 439 g/mol. The van der Waals surface area contributed by atoms with Gasteiger partial charge in [0, 0.05) is 39.8 Å². The molecule has 0 saturated heterocycles. The molecule has 1 aromatic heterocycles. The first-order chi connectivity index (χ1) is 16.6. The van der Waals surface area contributed by atoms with Gasteiger partial charge in [0.1, 0.15) is 0 Å². The van der Waals surface area contributed by atoms with E-state index in [0.29, 0.717) is 0 Å². The van der Waals surface area contributed by atoms with Crippen LogP contribution >= 0.6 is 0 Å². The van der Waals surface area contributed by atoms with Crippen LogP contribution in [0.5, 0.6) is 0 Å². The van der Waals surface area contributed by atoms with Crippen molar-refractivity contribution in [2.45, 2.75) is 20.8 Å². The Morgan fingerprint density at radius 2 is 1.21 bits per heavy atom. The molecule has 2 heterocycles. The van der Waals surface area contributed by atoms with E-state index in [9.17, 15) is 0 Å². The topological polar surface area (TPSA) is 24.9 Å². The number of anilines is 2. The molecular weight excluding hydrogens is 412 g/mol. The minimum Gasteiger partial charge on any atom is -0.355 e. The molecule has 0 atom stereocenters. The number of pyridine rings is 1. The summed E-state index contributed by atoms with van der Waals surface area (Å²) in [6, 6.07) is 32.5. The van der Waals surface area contributed by atoms with E-state index in [1.165, 1.54) is 50.1 Å². The summed E-state index contributed by atoms with van der Waals surface area (Å²) in [5.74, 6) is 0. The molecule has 2 bridgehead atoms. The van der Waals surface area contributed by atoms with Crippen molar-refractivity contribution in [2.75, 3.05) is 5.32 Å². The van der Waals surface area contributed by atoms with E-state index in [2.05, 4.69) is 117 Å². The molecule has 164 valence electrons. The van der Waals surface area contributed by atoms with Crippen molar-refractivity contribution >= 4 is 11.4 Å². The van der Waals surface area contributed by atoms with Gasteiger partial charge < -0.3 is 5.32 Å². The maximum Gasteiger partial charge on any atom is 0.0705 e. The van der Waals surface area contributed by atoms with Gasteiger partial charge >= 0.3 is 0 Å². The lowest BCUT2D eigenvalue weighted by Gasteiger charge is -2.23. The molecular formula is C32H26N2. The molecule has 0 aliphatic carbocycles. The van der Waals surface area contributed by atoms with Crippen molar-refractivity contribution in [3.63, 3.8) is 0 Å². The largest absolute Gasteiger partial charge is 0.355 e. The minimum atomic E-state index is 0.994. The zero-order valence-corrected chi connectivity index (χ0v) is 19.7. The number of hydrogen-bond acceptors (Lipinski definition) is 2. The van der Waals surface area contributed by atoms with Crippen LogP contribution in [0.3, 0.4) is 0 Å². The summed E-state index contributed by atoms with van der Waals surface area (Å²) in [5, 5.41) is 3.69. The molecule has 5 aromatic rings. The van der Waals surface area contributed by atoms with Gasteiger partial charge in [-0.2, -0.15) is 0 Å². The number of hydrogen-bond donors (Lipinski definition) is 1. The standard InChI is InChI=1S/C32H26N2/c1-20-9-4-5-10-24(20)29-19-33-32(17-21(29)2)23-15-16-31-28(18-23)26-13-8-12-25(22(26)3)27-11-6-7-14-30(27)34-31/h4-19,34H,1-3H3. The fourth-order valence-electron chi connectivity index (χ4n) is 5.10. The Bertz CT molecular complexity index is 1560. The molecule has 0 unspecified atom stereocenters. The van der Waals surface area contributed by atoms with E-state index in [1.54, 1.807) is 0 Å². The van der Waals surface area contributed by atoms with Crippen LogP contribution in [0.15, 0.2) is 97.2 Å². The van der Waals surface area contributed by atoms with E-state index < -0.39 is 0 Å². The Hall–Kier alpha value is -4.17. The molecule has 0 amide bonds. The highest BCUT2D eigenvalue weighted by atomic mass is 14.9. The van der Waals surface area contributed by atoms with Crippen LogP contribution in [0.4, 0.5) is 11.4 Å². The first kappa shape index (κ1) is 20.4. The number of fused-ring (bicyclic) bond motifs is 6. The van der Waals surface area contributed by atoms with Gasteiger partial charge in [0.05, 0.1) is 5.69 Å². The lowest BCUT2D eigenvalue weighted by molar-refractivity contribution is 1.28. The van der Waals surface area contributed by atoms with E-state index in [1.807, 2.05) is 6.20 Å². The fourth-order valence-corrected chi connectivity index (χ4v) is 5.10. The molecule has 1 aliphatic rings. The van der Waals surface area contributed by atoms with Crippen LogP contribution in [0.2, 0.25) is 0 Å². The number of nitrogens with one attached hydrogen (secondary N) is 1. The molecule has 1 N–H and O–H groups in total. The quantitative estimate of drug-likeness (QED) is 0.292. The third kappa shape index (κ3) is 3.31.